The van der Waals surface area contributed by atoms with Gasteiger partial charge in [-0.3, -0.25) is 0 Å². The van der Waals surface area contributed by atoms with Crippen molar-refractivity contribution in [1.29, 1.82) is 0 Å². The Morgan fingerprint density at radius 1 is 1.91 bits per heavy atom. The van der Waals surface area contributed by atoms with Crippen LogP contribution in [-0.2, 0) is 14.3 Å². The lowest BCUT2D eigenvalue weighted by molar-refractivity contribution is -0.140. The molecule has 0 amide bonds. The average Bonchev–Trinajstić information content (AvgIpc) is 2.52. The summed E-state index contributed by atoms with van der Waals surface area (Å²) < 4.78 is 9.87. The third-order valence-electron chi connectivity index (χ3n) is 1.31. The number of carbonyl (C=O) groups is 1. The molecule has 1 aliphatic rings. The van der Waals surface area contributed by atoms with Crippen molar-refractivity contribution < 1.29 is 14.3 Å². The molecule has 0 aromatic heterocycles. The fourth-order valence-electron chi connectivity index (χ4n) is 0.769. The zero-order chi connectivity index (χ0) is 8.10. The average molecular weight is 154 g/mol. The van der Waals surface area contributed by atoms with Crippen LogP contribution < -0.4 is 0 Å². The molecule has 0 bridgehead atoms. The highest BCUT2D eigenvalue weighted by Gasteiger charge is 2.10. The molecular weight excluding hydrogens is 144 g/mol. The lowest BCUT2D eigenvalue weighted by Crippen LogP contribution is -2.16. The molecule has 0 saturated heterocycles. The van der Waals surface area contributed by atoms with E-state index in [2.05, 4.69) is 6.58 Å². The summed E-state index contributed by atoms with van der Waals surface area (Å²) in [6, 6.07) is 0. The summed E-state index contributed by atoms with van der Waals surface area (Å²) in [6.45, 7) is 4.16. The van der Waals surface area contributed by atoms with Crippen molar-refractivity contribution >= 4 is 5.97 Å². The van der Waals surface area contributed by atoms with Gasteiger partial charge in [0.05, 0.1) is 6.61 Å². The maximum Gasteiger partial charge on any atom is 0.330 e. The monoisotopic (exact) mass is 154 g/mol. The van der Waals surface area contributed by atoms with Gasteiger partial charge in [-0.05, 0) is 0 Å². The molecule has 3 nitrogen and oxygen atoms in total. The lowest BCUT2D eigenvalue weighted by atomic mass is 10.4. The molecule has 1 atom stereocenters. The first-order valence-corrected chi connectivity index (χ1v) is 3.40. The van der Waals surface area contributed by atoms with Gasteiger partial charge in [0.2, 0.25) is 0 Å². The molecule has 0 aromatic carbocycles. The Labute approximate surface area is 65.3 Å². The van der Waals surface area contributed by atoms with Gasteiger partial charge in [0.25, 0.3) is 0 Å². The summed E-state index contributed by atoms with van der Waals surface area (Å²) in [5.41, 5.74) is 0. The Kier molecular flexibility index (Phi) is 2.86. The van der Waals surface area contributed by atoms with Gasteiger partial charge in [0.15, 0.2) is 0 Å². The summed E-state index contributed by atoms with van der Waals surface area (Å²) in [5, 5.41) is 0. The highest BCUT2D eigenvalue weighted by molar-refractivity contribution is 5.81. The van der Waals surface area contributed by atoms with Gasteiger partial charge in [-0.25, -0.2) is 4.79 Å². The summed E-state index contributed by atoms with van der Waals surface area (Å²) in [4.78, 5) is 10.5. The predicted molar refractivity (Wildman–Crippen MR) is 40.0 cm³/mol. The van der Waals surface area contributed by atoms with E-state index in [1.807, 2.05) is 12.2 Å². The van der Waals surface area contributed by atoms with Crippen molar-refractivity contribution in [2.24, 2.45) is 0 Å². The number of hydrogen-bond donors (Lipinski definition) is 0. The quantitative estimate of drug-likeness (QED) is 0.340. The maximum absolute atomic E-state index is 10.5. The van der Waals surface area contributed by atoms with Crippen LogP contribution in [0.15, 0.2) is 24.8 Å². The minimum atomic E-state index is -0.408. The van der Waals surface area contributed by atoms with Crippen LogP contribution in [0, 0.1) is 0 Å². The van der Waals surface area contributed by atoms with Crippen LogP contribution in [-0.4, -0.2) is 25.3 Å². The molecule has 60 valence electrons. The molecule has 3 heteroatoms. The zero-order valence-corrected chi connectivity index (χ0v) is 6.16. The van der Waals surface area contributed by atoms with E-state index in [-0.39, 0.29) is 12.7 Å². The predicted octanol–water partition coefficient (Wildman–Crippen LogP) is 0.671. The van der Waals surface area contributed by atoms with Gasteiger partial charge in [0.1, 0.15) is 12.7 Å². The van der Waals surface area contributed by atoms with Crippen molar-refractivity contribution in [3.05, 3.63) is 24.8 Å². The van der Waals surface area contributed by atoms with E-state index in [0.717, 1.165) is 6.08 Å². The van der Waals surface area contributed by atoms with Crippen LogP contribution in [0.3, 0.4) is 0 Å². The second-order valence-corrected chi connectivity index (χ2v) is 2.13. The first kappa shape index (κ1) is 8.01. The van der Waals surface area contributed by atoms with E-state index in [4.69, 9.17) is 9.47 Å². The van der Waals surface area contributed by atoms with Crippen LogP contribution in [0.25, 0.3) is 0 Å². The van der Waals surface area contributed by atoms with E-state index >= 15 is 0 Å². The first-order valence-electron chi connectivity index (χ1n) is 3.40. The molecule has 1 unspecified atom stereocenters. The fraction of sp³-hybridized carbons (Fsp3) is 0.375. The van der Waals surface area contributed by atoms with Gasteiger partial charge < -0.3 is 9.47 Å². The van der Waals surface area contributed by atoms with Crippen LogP contribution >= 0.6 is 0 Å². The summed E-state index contributed by atoms with van der Waals surface area (Å²) in [5.74, 6) is -0.408. The van der Waals surface area contributed by atoms with E-state index < -0.39 is 5.97 Å². The molecule has 0 aliphatic carbocycles. The molecule has 11 heavy (non-hydrogen) atoms. The third-order valence-corrected chi connectivity index (χ3v) is 1.31. The minimum Gasteiger partial charge on any atom is -0.459 e. The van der Waals surface area contributed by atoms with Crippen LogP contribution in [0.2, 0.25) is 0 Å². The second kappa shape index (κ2) is 3.93. The van der Waals surface area contributed by atoms with Crippen molar-refractivity contribution in [3.8, 4) is 0 Å². The standard InChI is InChI=1S/C8H10O3/c1-2-8(9)11-6-7-4-3-5-10-7/h2-4,7H,1,5-6H2. The molecule has 1 rings (SSSR count). The Balaban J connectivity index is 2.16. The second-order valence-electron chi connectivity index (χ2n) is 2.13. The van der Waals surface area contributed by atoms with E-state index in [9.17, 15) is 4.79 Å². The minimum absolute atomic E-state index is 0.0705. The van der Waals surface area contributed by atoms with Gasteiger partial charge in [0, 0.05) is 6.08 Å². The molecule has 0 saturated carbocycles. The van der Waals surface area contributed by atoms with E-state index in [1.165, 1.54) is 0 Å². The van der Waals surface area contributed by atoms with E-state index in [0.29, 0.717) is 6.61 Å². The molecular formula is C8H10O3. The highest BCUT2D eigenvalue weighted by atomic mass is 16.6. The summed E-state index contributed by atoms with van der Waals surface area (Å²) in [7, 11) is 0. The molecule has 0 fully saturated rings. The van der Waals surface area contributed by atoms with Gasteiger partial charge in [-0.2, -0.15) is 0 Å². The van der Waals surface area contributed by atoms with Crippen LogP contribution in [0.4, 0.5) is 0 Å². The van der Waals surface area contributed by atoms with Crippen molar-refractivity contribution in [2.75, 3.05) is 13.2 Å². The van der Waals surface area contributed by atoms with Crippen molar-refractivity contribution in [3.63, 3.8) is 0 Å². The number of hydrogen-bond acceptors (Lipinski definition) is 3. The fourth-order valence-corrected chi connectivity index (χ4v) is 0.769. The topological polar surface area (TPSA) is 35.5 Å². The van der Waals surface area contributed by atoms with Crippen molar-refractivity contribution in [1.82, 2.24) is 0 Å². The largest absolute Gasteiger partial charge is 0.459 e. The normalized spacial score (nSPS) is 21.6. The summed E-state index contributed by atoms with van der Waals surface area (Å²) >= 11 is 0. The molecule has 1 aliphatic heterocycles. The number of esters is 1. The Bertz CT molecular complexity index is 184. The first-order chi connectivity index (χ1) is 5.33. The van der Waals surface area contributed by atoms with Gasteiger partial charge >= 0.3 is 5.97 Å². The van der Waals surface area contributed by atoms with Gasteiger partial charge in [-0.15, -0.1) is 0 Å². The van der Waals surface area contributed by atoms with Crippen LogP contribution in [0.1, 0.15) is 0 Å². The molecule has 0 spiro atoms. The Morgan fingerprint density at radius 2 is 2.73 bits per heavy atom. The van der Waals surface area contributed by atoms with Crippen LogP contribution in [0.5, 0.6) is 0 Å². The highest BCUT2D eigenvalue weighted by Crippen LogP contribution is 2.03. The van der Waals surface area contributed by atoms with Crippen molar-refractivity contribution in [2.45, 2.75) is 6.10 Å². The maximum atomic E-state index is 10.5. The lowest BCUT2D eigenvalue weighted by Gasteiger charge is -2.06. The third kappa shape index (κ3) is 2.55. The zero-order valence-electron chi connectivity index (χ0n) is 6.16. The number of ether oxygens (including phenoxy) is 2. The van der Waals surface area contributed by atoms with Gasteiger partial charge in [-0.1, -0.05) is 18.7 Å². The molecule has 0 radical (unpaired) electrons. The smallest absolute Gasteiger partial charge is 0.330 e. The Morgan fingerprint density at radius 3 is 3.27 bits per heavy atom. The Hall–Kier alpha value is -1.09. The number of carbonyl (C=O) groups excluding carboxylic acids is 1. The SMILES string of the molecule is C=CC(=O)OCC1C=CCO1. The molecule has 0 N–H and O–H groups in total. The number of rotatable bonds is 3. The molecule has 1 heterocycles. The molecule has 0 aromatic rings. The van der Waals surface area contributed by atoms with E-state index in [1.54, 1.807) is 0 Å². The summed E-state index contributed by atoms with van der Waals surface area (Å²) in [6.07, 6.45) is 4.83.